The van der Waals surface area contributed by atoms with Crippen LogP contribution in [0.25, 0.3) is 0 Å². The molecule has 20 heavy (non-hydrogen) atoms. The van der Waals surface area contributed by atoms with Gasteiger partial charge in [-0.15, -0.1) is 0 Å². The maximum Gasteiger partial charge on any atom is 0.337 e. The van der Waals surface area contributed by atoms with Gasteiger partial charge >= 0.3 is 5.97 Å². The number of benzene rings is 1. The maximum atomic E-state index is 11.2. The molecule has 0 saturated carbocycles. The summed E-state index contributed by atoms with van der Waals surface area (Å²) in [5, 5.41) is 9.20. The van der Waals surface area contributed by atoms with Gasteiger partial charge in [0.2, 0.25) is 0 Å². The Hall–Kier alpha value is -2.36. The number of fused-ring (bicyclic) bond motifs is 1. The molecule has 0 amide bonds. The van der Waals surface area contributed by atoms with E-state index in [2.05, 4.69) is 22.0 Å². The Bertz CT molecular complexity index is 653. The summed E-state index contributed by atoms with van der Waals surface area (Å²) in [6, 6.07) is 11.9. The van der Waals surface area contributed by atoms with E-state index in [4.69, 9.17) is 0 Å². The highest BCUT2D eigenvalue weighted by molar-refractivity contribution is 5.89. The third-order valence-electron chi connectivity index (χ3n) is 3.71. The first-order valence-corrected chi connectivity index (χ1v) is 6.68. The normalized spacial score (nSPS) is 13.9. The van der Waals surface area contributed by atoms with Gasteiger partial charge in [0.15, 0.2) is 0 Å². The first kappa shape index (κ1) is 12.7. The average Bonchev–Trinajstić information content (AvgIpc) is 2.47. The molecule has 2 aromatic rings. The van der Waals surface area contributed by atoms with E-state index in [9.17, 15) is 9.90 Å². The van der Waals surface area contributed by atoms with Crippen LogP contribution < -0.4 is 4.90 Å². The molecule has 4 nitrogen and oxygen atoms in total. The fraction of sp³-hybridized carbons (Fsp3) is 0.250. The number of carbonyl (C=O) groups is 1. The van der Waals surface area contributed by atoms with Crippen LogP contribution in [0.4, 0.5) is 5.69 Å². The lowest BCUT2D eigenvalue weighted by Gasteiger charge is -2.30. The minimum absolute atomic E-state index is 0.304. The summed E-state index contributed by atoms with van der Waals surface area (Å²) >= 11 is 0. The second kappa shape index (κ2) is 4.96. The van der Waals surface area contributed by atoms with Gasteiger partial charge in [-0.1, -0.05) is 18.2 Å². The number of aromatic carboxylic acids is 1. The zero-order chi connectivity index (χ0) is 14.1. The number of aryl methyl sites for hydroxylation is 1. The van der Waals surface area contributed by atoms with Crippen molar-refractivity contribution in [3.05, 3.63) is 58.9 Å². The Kier molecular flexibility index (Phi) is 3.14. The highest BCUT2D eigenvalue weighted by Crippen LogP contribution is 2.24. The van der Waals surface area contributed by atoms with E-state index in [1.807, 2.05) is 18.2 Å². The van der Waals surface area contributed by atoms with E-state index in [0.717, 1.165) is 29.9 Å². The molecular weight excluding hydrogens is 252 g/mol. The van der Waals surface area contributed by atoms with Gasteiger partial charge in [0.1, 0.15) is 0 Å². The van der Waals surface area contributed by atoms with Crippen molar-refractivity contribution in [2.75, 3.05) is 11.4 Å². The Morgan fingerprint density at radius 2 is 2.05 bits per heavy atom. The molecule has 1 aliphatic rings. The number of nitrogens with zero attached hydrogens (tertiary/aromatic N) is 2. The standard InChI is InChI=1S/C16H16N2O2/c1-11-14(16(19)20)9-12-10-18(8-7-15(12)17-11)13-5-3-2-4-6-13/h2-6,9H,7-8,10H2,1H3,(H,19,20). The molecule has 3 rings (SSSR count). The zero-order valence-corrected chi connectivity index (χ0v) is 11.3. The van der Waals surface area contributed by atoms with E-state index in [1.54, 1.807) is 13.0 Å². The summed E-state index contributed by atoms with van der Waals surface area (Å²) in [7, 11) is 0. The maximum absolute atomic E-state index is 11.2. The lowest BCUT2D eigenvalue weighted by molar-refractivity contribution is 0.0695. The summed E-state index contributed by atoms with van der Waals surface area (Å²) in [6.45, 7) is 3.39. The molecular formula is C16H16N2O2. The Labute approximate surface area is 117 Å². The van der Waals surface area contributed by atoms with E-state index in [0.29, 0.717) is 17.8 Å². The van der Waals surface area contributed by atoms with Crippen LogP contribution in [0.2, 0.25) is 0 Å². The summed E-state index contributed by atoms with van der Waals surface area (Å²) in [4.78, 5) is 17.9. The highest BCUT2D eigenvalue weighted by Gasteiger charge is 2.20. The van der Waals surface area contributed by atoms with Crippen molar-refractivity contribution in [3.8, 4) is 0 Å². The second-order valence-electron chi connectivity index (χ2n) is 5.04. The number of para-hydroxylation sites is 1. The molecule has 0 aliphatic carbocycles. The van der Waals surface area contributed by atoms with Gasteiger partial charge in [-0.3, -0.25) is 4.98 Å². The van der Waals surface area contributed by atoms with Crippen molar-refractivity contribution in [3.63, 3.8) is 0 Å². The molecule has 2 heterocycles. The Balaban J connectivity index is 1.94. The highest BCUT2D eigenvalue weighted by atomic mass is 16.4. The SMILES string of the molecule is Cc1nc2c(cc1C(=O)O)CN(c1ccccc1)CC2. The van der Waals surface area contributed by atoms with Crippen LogP contribution in [0.3, 0.4) is 0 Å². The summed E-state index contributed by atoms with van der Waals surface area (Å²) in [6.07, 6.45) is 0.852. The van der Waals surface area contributed by atoms with Crippen molar-refractivity contribution < 1.29 is 9.90 Å². The van der Waals surface area contributed by atoms with Gasteiger partial charge in [0, 0.05) is 30.9 Å². The number of carboxylic acids is 1. The largest absolute Gasteiger partial charge is 0.478 e. The Morgan fingerprint density at radius 3 is 2.75 bits per heavy atom. The monoisotopic (exact) mass is 268 g/mol. The minimum Gasteiger partial charge on any atom is -0.478 e. The molecule has 4 heteroatoms. The van der Waals surface area contributed by atoms with Gasteiger partial charge in [-0.2, -0.15) is 0 Å². The lowest BCUT2D eigenvalue weighted by atomic mass is 10.0. The van der Waals surface area contributed by atoms with Gasteiger partial charge in [0.05, 0.1) is 11.3 Å². The third-order valence-corrected chi connectivity index (χ3v) is 3.71. The van der Waals surface area contributed by atoms with Crippen LogP contribution in [0.15, 0.2) is 36.4 Å². The average molecular weight is 268 g/mol. The van der Waals surface area contributed by atoms with Crippen molar-refractivity contribution in [1.29, 1.82) is 0 Å². The number of hydrogen-bond acceptors (Lipinski definition) is 3. The van der Waals surface area contributed by atoms with Crippen LogP contribution in [-0.2, 0) is 13.0 Å². The van der Waals surface area contributed by atoms with Crippen LogP contribution in [0.5, 0.6) is 0 Å². The van der Waals surface area contributed by atoms with Crippen molar-refractivity contribution in [2.45, 2.75) is 19.9 Å². The fourth-order valence-corrected chi connectivity index (χ4v) is 2.65. The zero-order valence-electron chi connectivity index (χ0n) is 11.3. The minimum atomic E-state index is -0.908. The molecule has 0 spiro atoms. The predicted molar refractivity (Wildman–Crippen MR) is 77.1 cm³/mol. The molecule has 1 aromatic heterocycles. The van der Waals surface area contributed by atoms with Crippen molar-refractivity contribution in [2.24, 2.45) is 0 Å². The van der Waals surface area contributed by atoms with E-state index < -0.39 is 5.97 Å². The quantitative estimate of drug-likeness (QED) is 0.909. The number of pyridine rings is 1. The molecule has 0 radical (unpaired) electrons. The van der Waals surface area contributed by atoms with Crippen molar-refractivity contribution in [1.82, 2.24) is 4.98 Å². The van der Waals surface area contributed by atoms with E-state index in [-0.39, 0.29) is 0 Å². The first-order chi connectivity index (χ1) is 9.65. The van der Waals surface area contributed by atoms with Gasteiger partial charge in [-0.25, -0.2) is 4.79 Å². The number of carboxylic acid groups (broad SMARTS) is 1. The van der Waals surface area contributed by atoms with E-state index >= 15 is 0 Å². The van der Waals surface area contributed by atoms with Crippen LogP contribution in [0, 0.1) is 6.92 Å². The fourth-order valence-electron chi connectivity index (χ4n) is 2.65. The first-order valence-electron chi connectivity index (χ1n) is 6.68. The molecule has 1 aromatic carbocycles. The van der Waals surface area contributed by atoms with Gasteiger partial charge < -0.3 is 10.0 Å². The third kappa shape index (κ3) is 2.25. The van der Waals surface area contributed by atoms with Crippen LogP contribution in [0.1, 0.15) is 27.3 Å². The smallest absolute Gasteiger partial charge is 0.337 e. The number of aromatic nitrogens is 1. The molecule has 1 aliphatic heterocycles. The summed E-state index contributed by atoms with van der Waals surface area (Å²) in [5.41, 5.74) is 4.11. The van der Waals surface area contributed by atoms with Crippen LogP contribution >= 0.6 is 0 Å². The molecule has 0 saturated heterocycles. The van der Waals surface area contributed by atoms with Gasteiger partial charge in [-0.05, 0) is 30.7 Å². The molecule has 1 N–H and O–H groups in total. The molecule has 0 fully saturated rings. The Morgan fingerprint density at radius 1 is 1.30 bits per heavy atom. The lowest BCUT2D eigenvalue weighted by Crippen LogP contribution is -2.31. The number of hydrogen-bond donors (Lipinski definition) is 1. The number of rotatable bonds is 2. The molecule has 0 bridgehead atoms. The predicted octanol–water partition coefficient (Wildman–Crippen LogP) is 2.65. The second-order valence-corrected chi connectivity index (χ2v) is 5.04. The van der Waals surface area contributed by atoms with Gasteiger partial charge in [0.25, 0.3) is 0 Å². The summed E-state index contributed by atoms with van der Waals surface area (Å²) in [5.74, 6) is -0.908. The molecule has 102 valence electrons. The molecule has 0 unspecified atom stereocenters. The topological polar surface area (TPSA) is 53.4 Å². The van der Waals surface area contributed by atoms with Crippen LogP contribution in [-0.4, -0.2) is 22.6 Å². The summed E-state index contributed by atoms with van der Waals surface area (Å²) < 4.78 is 0. The number of anilines is 1. The molecule has 0 atom stereocenters. The van der Waals surface area contributed by atoms with Crippen molar-refractivity contribution >= 4 is 11.7 Å². The van der Waals surface area contributed by atoms with E-state index in [1.165, 1.54) is 0 Å².